The van der Waals surface area contributed by atoms with Gasteiger partial charge in [-0.15, -0.1) is 0 Å². The number of alkyl halides is 1. The first-order valence-corrected chi connectivity index (χ1v) is 7.27. The molecule has 1 rings (SSSR count). The third-order valence-corrected chi connectivity index (χ3v) is 5.78. The fourth-order valence-corrected chi connectivity index (χ4v) is 2.19. The Hall–Kier alpha value is -0.390. The summed E-state index contributed by atoms with van der Waals surface area (Å²) in [7, 11) is -3.30. The minimum absolute atomic E-state index is 0.629. The molecule has 0 saturated carbocycles. The Morgan fingerprint density at radius 3 is 2.33 bits per heavy atom. The normalized spacial score (nSPS) is 16.0. The third-order valence-electron chi connectivity index (χ3n) is 2.16. The second-order valence-electron chi connectivity index (χ2n) is 3.48. The van der Waals surface area contributed by atoms with Crippen molar-refractivity contribution in [1.82, 2.24) is 0 Å². The SMILES string of the molecule is Cc1ccccc1[C@H](O)[C@H](Br)S(C)(=O)=O. The fourth-order valence-electron chi connectivity index (χ4n) is 1.29. The van der Waals surface area contributed by atoms with Crippen molar-refractivity contribution < 1.29 is 13.5 Å². The number of rotatable bonds is 3. The van der Waals surface area contributed by atoms with Crippen LogP contribution in [0.2, 0.25) is 0 Å². The lowest BCUT2D eigenvalue weighted by atomic mass is 10.1. The topological polar surface area (TPSA) is 54.4 Å². The average Bonchev–Trinajstić information content (AvgIpc) is 2.15. The molecular weight excluding hydrogens is 280 g/mol. The summed E-state index contributed by atoms with van der Waals surface area (Å²) in [5.74, 6) is 0. The van der Waals surface area contributed by atoms with Gasteiger partial charge in [0.1, 0.15) is 10.3 Å². The molecule has 3 nitrogen and oxygen atoms in total. The maximum Gasteiger partial charge on any atom is 0.163 e. The van der Waals surface area contributed by atoms with E-state index in [1.165, 1.54) is 0 Å². The van der Waals surface area contributed by atoms with E-state index in [1.807, 2.05) is 19.1 Å². The summed E-state index contributed by atoms with van der Waals surface area (Å²) in [4.78, 5) is 0. The van der Waals surface area contributed by atoms with E-state index < -0.39 is 20.1 Å². The second kappa shape index (κ2) is 4.63. The van der Waals surface area contributed by atoms with E-state index in [1.54, 1.807) is 12.1 Å². The van der Waals surface area contributed by atoms with Gasteiger partial charge >= 0.3 is 0 Å². The highest BCUT2D eigenvalue weighted by Gasteiger charge is 2.27. The van der Waals surface area contributed by atoms with Gasteiger partial charge in [-0.3, -0.25) is 0 Å². The van der Waals surface area contributed by atoms with Gasteiger partial charge in [0.2, 0.25) is 0 Å². The van der Waals surface area contributed by atoms with Crippen LogP contribution in [-0.2, 0) is 9.84 Å². The van der Waals surface area contributed by atoms with Crippen LogP contribution in [0.1, 0.15) is 17.2 Å². The molecule has 0 aliphatic rings. The monoisotopic (exact) mass is 292 g/mol. The lowest BCUT2D eigenvalue weighted by Gasteiger charge is -2.17. The number of hydrogen-bond acceptors (Lipinski definition) is 3. The van der Waals surface area contributed by atoms with Gasteiger partial charge in [0.25, 0.3) is 0 Å². The van der Waals surface area contributed by atoms with E-state index >= 15 is 0 Å². The first-order valence-electron chi connectivity index (χ1n) is 4.40. The quantitative estimate of drug-likeness (QED) is 0.865. The Morgan fingerprint density at radius 2 is 1.87 bits per heavy atom. The highest BCUT2D eigenvalue weighted by atomic mass is 79.9. The number of hydrogen-bond donors (Lipinski definition) is 1. The zero-order valence-electron chi connectivity index (χ0n) is 8.51. The molecule has 1 aromatic rings. The molecule has 0 fully saturated rings. The molecule has 2 atom stereocenters. The molecule has 0 aliphatic heterocycles. The molecule has 1 N–H and O–H groups in total. The zero-order valence-corrected chi connectivity index (χ0v) is 10.9. The van der Waals surface area contributed by atoms with Crippen molar-refractivity contribution in [2.75, 3.05) is 6.26 Å². The summed E-state index contributed by atoms with van der Waals surface area (Å²) in [6, 6.07) is 7.17. The molecule has 5 heteroatoms. The first-order chi connectivity index (χ1) is 6.84. The number of sulfone groups is 1. The molecule has 0 unspecified atom stereocenters. The van der Waals surface area contributed by atoms with Crippen molar-refractivity contribution in [1.29, 1.82) is 0 Å². The summed E-state index contributed by atoms with van der Waals surface area (Å²) in [5, 5.41) is 9.88. The van der Waals surface area contributed by atoms with Crippen molar-refractivity contribution in [2.24, 2.45) is 0 Å². The minimum atomic E-state index is -3.30. The van der Waals surface area contributed by atoms with E-state index in [-0.39, 0.29) is 0 Å². The van der Waals surface area contributed by atoms with Gasteiger partial charge in [-0.25, -0.2) is 8.42 Å². The van der Waals surface area contributed by atoms with Crippen LogP contribution in [0.15, 0.2) is 24.3 Å². The molecule has 0 aliphatic carbocycles. The Kier molecular flexibility index (Phi) is 3.92. The number of aryl methyl sites for hydroxylation is 1. The molecular formula is C10H13BrO3S. The molecule has 0 radical (unpaired) electrons. The van der Waals surface area contributed by atoms with Gasteiger partial charge in [-0.2, -0.15) is 0 Å². The van der Waals surface area contributed by atoms with Crippen LogP contribution in [-0.4, -0.2) is 23.9 Å². The van der Waals surface area contributed by atoms with Crippen LogP contribution in [0.25, 0.3) is 0 Å². The van der Waals surface area contributed by atoms with Gasteiger partial charge in [0.05, 0.1) is 0 Å². The number of benzene rings is 1. The largest absolute Gasteiger partial charge is 0.386 e. The predicted molar refractivity (Wildman–Crippen MR) is 63.7 cm³/mol. The standard InChI is InChI=1S/C10H13BrO3S/c1-7-5-3-4-6-8(7)9(12)10(11)15(2,13)14/h3-6,9-10,12H,1-2H3/t9-,10+/m0/s1. The molecule has 0 spiro atoms. The van der Waals surface area contributed by atoms with E-state index in [9.17, 15) is 13.5 Å². The van der Waals surface area contributed by atoms with Crippen molar-refractivity contribution in [2.45, 2.75) is 17.2 Å². The Bertz CT molecular complexity index is 442. The number of aliphatic hydroxyl groups is 1. The maximum absolute atomic E-state index is 11.3. The van der Waals surface area contributed by atoms with E-state index in [0.717, 1.165) is 11.8 Å². The summed E-state index contributed by atoms with van der Waals surface area (Å²) in [5.41, 5.74) is 1.50. The lowest BCUT2D eigenvalue weighted by molar-refractivity contribution is 0.194. The number of aliphatic hydroxyl groups excluding tert-OH is 1. The van der Waals surface area contributed by atoms with Crippen LogP contribution in [0.5, 0.6) is 0 Å². The summed E-state index contributed by atoms with van der Waals surface area (Å²) < 4.78 is 21.5. The second-order valence-corrected chi connectivity index (χ2v) is 7.24. The molecule has 0 aromatic heterocycles. The average molecular weight is 293 g/mol. The predicted octanol–water partition coefficient (Wildman–Crippen LogP) is 1.79. The van der Waals surface area contributed by atoms with Crippen molar-refractivity contribution in [3.05, 3.63) is 35.4 Å². The molecule has 0 amide bonds. The minimum Gasteiger partial charge on any atom is -0.386 e. The Morgan fingerprint density at radius 1 is 1.33 bits per heavy atom. The van der Waals surface area contributed by atoms with Crippen LogP contribution < -0.4 is 0 Å². The van der Waals surface area contributed by atoms with E-state index in [2.05, 4.69) is 15.9 Å². The van der Waals surface area contributed by atoms with E-state index in [0.29, 0.717) is 5.56 Å². The zero-order chi connectivity index (χ0) is 11.6. The summed E-state index contributed by atoms with van der Waals surface area (Å²) in [6.45, 7) is 1.83. The van der Waals surface area contributed by atoms with Crippen LogP contribution in [0.3, 0.4) is 0 Å². The van der Waals surface area contributed by atoms with Crippen molar-refractivity contribution >= 4 is 25.8 Å². The summed E-state index contributed by atoms with van der Waals surface area (Å²) in [6.07, 6.45) is 0.0506. The van der Waals surface area contributed by atoms with Crippen molar-refractivity contribution in [3.8, 4) is 0 Å². The molecule has 0 saturated heterocycles. The van der Waals surface area contributed by atoms with E-state index in [4.69, 9.17) is 0 Å². The molecule has 15 heavy (non-hydrogen) atoms. The fraction of sp³-hybridized carbons (Fsp3) is 0.400. The first kappa shape index (κ1) is 12.7. The lowest BCUT2D eigenvalue weighted by Crippen LogP contribution is -2.21. The van der Waals surface area contributed by atoms with Gasteiger partial charge in [-0.1, -0.05) is 40.2 Å². The van der Waals surface area contributed by atoms with Crippen molar-refractivity contribution in [3.63, 3.8) is 0 Å². The molecule has 0 bridgehead atoms. The highest BCUT2D eigenvalue weighted by Crippen LogP contribution is 2.28. The summed E-state index contributed by atoms with van der Waals surface area (Å²) >= 11 is 3.00. The number of halogens is 1. The van der Waals surface area contributed by atoms with Gasteiger partial charge < -0.3 is 5.11 Å². The highest BCUT2D eigenvalue weighted by molar-refractivity contribution is 9.11. The van der Waals surface area contributed by atoms with Crippen LogP contribution >= 0.6 is 15.9 Å². The Balaban J connectivity index is 3.06. The molecule has 0 heterocycles. The van der Waals surface area contributed by atoms with Crippen LogP contribution in [0.4, 0.5) is 0 Å². The van der Waals surface area contributed by atoms with Gasteiger partial charge in [0, 0.05) is 6.26 Å². The van der Waals surface area contributed by atoms with Gasteiger partial charge in [0.15, 0.2) is 9.84 Å². The third kappa shape index (κ3) is 3.03. The Labute approximate surface area is 98.2 Å². The molecule has 1 aromatic carbocycles. The molecule has 84 valence electrons. The van der Waals surface area contributed by atoms with Crippen LogP contribution in [0, 0.1) is 6.92 Å². The van der Waals surface area contributed by atoms with Gasteiger partial charge in [-0.05, 0) is 18.1 Å². The maximum atomic E-state index is 11.3. The smallest absolute Gasteiger partial charge is 0.163 e.